The number of benzene rings is 2. The van der Waals surface area contributed by atoms with Crippen molar-refractivity contribution in [2.75, 3.05) is 0 Å². The molecular weight excluding hydrogens is 403 g/mol. The van der Waals surface area contributed by atoms with Gasteiger partial charge in [0.15, 0.2) is 0 Å². The molecule has 0 atom stereocenters. The Morgan fingerprint density at radius 1 is 0.821 bits per heavy atom. The van der Waals surface area contributed by atoms with Crippen molar-refractivity contribution in [3.63, 3.8) is 0 Å². The normalized spacial score (nSPS) is 9.93. The van der Waals surface area contributed by atoms with E-state index in [4.69, 9.17) is 0 Å². The van der Waals surface area contributed by atoms with Crippen molar-refractivity contribution >= 4 is 30.1 Å². The van der Waals surface area contributed by atoms with E-state index >= 15 is 0 Å². The first-order valence-corrected chi connectivity index (χ1v) is 10.5. The maximum absolute atomic E-state index is 11.6. The maximum Gasteiger partial charge on any atom is 0.0659 e. The van der Waals surface area contributed by atoms with Crippen molar-refractivity contribution in [3.05, 3.63) is 114 Å². The molecule has 0 saturated carbocycles. The van der Waals surface area contributed by atoms with E-state index in [1.165, 1.54) is 15.9 Å². The van der Waals surface area contributed by atoms with Crippen LogP contribution in [0.4, 0.5) is 0 Å². The van der Waals surface area contributed by atoms with Crippen LogP contribution in [0.5, 0.6) is 0 Å². The number of carbonyl (C=O) groups excluding carboxylic acids is 1. The molecule has 0 saturated heterocycles. The smallest absolute Gasteiger partial charge is 0.0659 e. The second kappa shape index (κ2) is 11.6. The minimum absolute atomic E-state index is 0. The summed E-state index contributed by atoms with van der Waals surface area (Å²) in [6, 6.07) is 35.2. The van der Waals surface area contributed by atoms with E-state index in [0.717, 1.165) is 23.8 Å². The molecule has 28 heavy (non-hydrogen) atoms. The zero-order chi connectivity index (χ0) is 18.9. The van der Waals surface area contributed by atoms with Crippen LogP contribution in [0.25, 0.3) is 0 Å². The van der Waals surface area contributed by atoms with Crippen LogP contribution in [0.3, 0.4) is 0 Å². The van der Waals surface area contributed by atoms with Gasteiger partial charge in [0.1, 0.15) is 0 Å². The second-order valence-electron chi connectivity index (χ2n) is 6.10. The molecule has 0 amide bonds. The average molecular weight is 426 g/mol. The molecule has 4 aromatic rings. The summed E-state index contributed by atoms with van der Waals surface area (Å²) in [4.78, 5) is 11.6. The van der Waals surface area contributed by atoms with Gasteiger partial charge in [0, 0.05) is 17.1 Å². The number of aryl methyl sites for hydroxylation is 1. The van der Waals surface area contributed by atoms with E-state index in [1.807, 2.05) is 42.5 Å². The van der Waals surface area contributed by atoms with Gasteiger partial charge in [-0.2, -0.15) is 6.07 Å². The fraction of sp³-hybridized carbons (Fsp3) is 0.0800. The first-order chi connectivity index (χ1) is 13.3. The van der Waals surface area contributed by atoms with Crippen LogP contribution in [-0.4, -0.2) is 6.29 Å². The molecule has 3 heteroatoms. The number of rotatable bonds is 5. The third kappa shape index (κ3) is 5.40. The molecule has 0 fully saturated rings. The summed E-state index contributed by atoms with van der Waals surface area (Å²) < 4.78 is 0. The summed E-state index contributed by atoms with van der Waals surface area (Å²) >= 11 is 0. The van der Waals surface area contributed by atoms with E-state index in [0.29, 0.717) is 0 Å². The summed E-state index contributed by atoms with van der Waals surface area (Å²) in [6.45, 7) is 2.10. The molecule has 0 N–H and O–H groups in total. The van der Waals surface area contributed by atoms with Crippen molar-refractivity contribution in [2.45, 2.75) is 13.3 Å². The number of hydrogen-bond acceptors (Lipinski definition) is 1. The Bertz CT molecular complexity index is 871. The van der Waals surface area contributed by atoms with E-state index in [1.54, 1.807) is 0 Å². The molecule has 1 nitrogen and oxygen atoms in total. The second-order valence-corrected chi connectivity index (χ2v) is 8.28. The molecule has 0 radical (unpaired) electrons. The Hall–Kier alpha value is -2.24. The molecule has 4 rings (SSSR count). The molecular formula is C25H23FeOP-6. The number of aldehydes is 1. The molecule has 0 heterocycles. The van der Waals surface area contributed by atoms with Gasteiger partial charge >= 0.3 is 0 Å². The van der Waals surface area contributed by atoms with Gasteiger partial charge in [0.2, 0.25) is 0 Å². The van der Waals surface area contributed by atoms with E-state index in [2.05, 4.69) is 67.6 Å². The van der Waals surface area contributed by atoms with Crippen LogP contribution in [0.2, 0.25) is 0 Å². The fourth-order valence-corrected chi connectivity index (χ4v) is 5.52. The first-order valence-electron chi connectivity index (χ1n) is 9.15. The van der Waals surface area contributed by atoms with Gasteiger partial charge < -0.3 is 35.1 Å². The Kier molecular flexibility index (Phi) is 9.11. The number of carbonyl (C=O) groups is 1. The summed E-state index contributed by atoms with van der Waals surface area (Å²) in [5.74, 6) is 0. The van der Waals surface area contributed by atoms with Gasteiger partial charge in [-0.1, -0.05) is 81.9 Å². The van der Waals surface area contributed by atoms with Crippen LogP contribution in [0.15, 0.2) is 103 Å². The van der Waals surface area contributed by atoms with E-state index < -0.39 is 7.92 Å². The predicted molar refractivity (Wildman–Crippen MR) is 118 cm³/mol. The molecule has 0 aliphatic rings. The molecule has 0 bridgehead atoms. The van der Waals surface area contributed by atoms with Crippen LogP contribution in [0.1, 0.15) is 22.8 Å². The van der Waals surface area contributed by atoms with Gasteiger partial charge in [-0.15, -0.1) is 22.5 Å². The standard InChI is InChI=1S/C20H18OP.C5H5.Fe/c1-2-16-13-14-20(19(16)15-21)22(17-9-5-3-6-10-17)18-11-7-4-8-12-18;1-2-4-5-3-1;/h3-15H,2H2,1H3;1-5H;/q-1;-5;. The molecule has 0 aromatic heterocycles. The fourth-order valence-electron chi connectivity index (χ4n) is 3.07. The Balaban J connectivity index is 0.000000408. The zero-order valence-corrected chi connectivity index (χ0v) is 17.8. The SMILES string of the molecule is CC[c-]1ccc(P(c2ccccc2)c2ccccc2)c1C=O.[Fe].[cH-]1[cH-][cH-][cH-][cH-]1. The molecule has 0 unspecified atom stereocenters. The minimum atomic E-state index is -0.689. The van der Waals surface area contributed by atoms with Crippen molar-refractivity contribution in [1.82, 2.24) is 0 Å². The monoisotopic (exact) mass is 426 g/mol. The Labute approximate surface area is 179 Å². The number of hydrogen-bond donors (Lipinski definition) is 0. The van der Waals surface area contributed by atoms with Crippen LogP contribution in [-0.2, 0) is 23.5 Å². The minimum Gasteiger partial charge on any atom is -0.748 e. The van der Waals surface area contributed by atoms with Crippen molar-refractivity contribution < 1.29 is 21.9 Å². The van der Waals surface area contributed by atoms with E-state index in [9.17, 15) is 4.79 Å². The zero-order valence-electron chi connectivity index (χ0n) is 15.8. The van der Waals surface area contributed by atoms with Gasteiger partial charge in [-0.05, 0) is 10.6 Å². The summed E-state index contributed by atoms with van der Waals surface area (Å²) in [7, 11) is -0.689. The summed E-state index contributed by atoms with van der Waals surface area (Å²) in [5.41, 5.74) is 2.02. The Morgan fingerprint density at radius 2 is 1.29 bits per heavy atom. The first kappa shape index (κ1) is 22.1. The average Bonchev–Trinajstić information content (AvgIpc) is 3.43. The molecule has 0 aliphatic carbocycles. The Morgan fingerprint density at radius 3 is 1.68 bits per heavy atom. The van der Waals surface area contributed by atoms with E-state index in [-0.39, 0.29) is 17.1 Å². The van der Waals surface area contributed by atoms with Crippen molar-refractivity contribution in [2.24, 2.45) is 0 Å². The quantitative estimate of drug-likeness (QED) is 0.191. The van der Waals surface area contributed by atoms with Gasteiger partial charge in [-0.3, -0.25) is 0 Å². The topological polar surface area (TPSA) is 17.1 Å². The summed E-state index contributed by atoms with van der Waals surface area (Å²) in [5, 5.41) is 3.72. The van der Waals surface area contributed by atoms with Crippen LogP contribution >= 0.6 is 7.92 Å². The predicted octanol–water partition coefficient (Wildman–Crippen LogP) is 4.94. The maximum atomic E-state index is 11.6. The van der Waals surface area contributed by atoms with Crippen molar-refractivity contribution in [1.29, 1.82) is 0 Å². The summed E-state index contributed by atoms with van der Waals surface area (Å²) in [6.07, 6.45) is 1.91. The van der Waals surface area contributed by atoms with Crippen molar-refractivity contribution in [3.8, 4) is 0 Å². The molecule has 0 spiro atoms. The van der Waals surface area contributed by atoms with Gasteiger partial charge in [0.05, 0.1) is 6.29 Å². The molecule has 4 aromatic carbocycles. The molecule has 0 aliphatic heterocycles. The third-order valence-corrected chi connectivity index (χ3v) is 6.89. The molecule has 148 valence electrons. The largest absolute Gasteiger partial charge is 0.748 e. The van der Waals surface area contributed by atoms with Gasteiger partial charge in [0.25, 0.3) is 0 Å². The van der Waals surface area contributed by atoms with Gasteiger partial charge in [-0.25, -0.2) is 0 Å². The third-order valence-electron chi connectivity index (χ3n) is 4.39. The van der Waals surface area contributed by atoms with Crippen LogP contribution < -0.4 is 15.9 Å². The van der Waals surface area contributed by atoms with Crippen LogP contribution in [0, 0.1) is 0 Å².